The smallest absolute Gasteiger partial charge is 0.0620 e. The number of benzene rings is 3. The molecule has 0 aliphatic heterocycles. The molecule has 0 atom stereocenters. The normalized spacial score (nSPS) is 15.2. The SMILES string of the molecule is [B]C1([B])c2ccccc2-c2c1ccc1ccccc21. The van der Waals surface area contributed by atoms with Gasteiger partial charge in [-0.2, -0.15) is 0 Å². The van der Waals surface area contributed by atoms with Gasteiger partial charge in [-0.05, 0) is 33.0 Å². The summed E-state index contributed by atoms with van der Waals surface area (Å²) in [6.07, 6.45) is 0. The monoisotopic (exact) mass is 236 g/mol. The van der Waals surface area contributed by atoms with Gasteiger partial charge in [0.05, 0.1) is 15.7 Å². The zero-order chi connectivity index (χ0) is 13.0. The molecule has 1 aliphatic carbocycles. The Morgan fingerprint density at radius 2 is 1.42 bits per heavy atom. The zero-order valence-corrected chi connectivity index (χ0v) is 10.4. The predicted molar refractivity (Wildman–Crippen MR) is 81.7 cm³/mol. The molecule has 0 aromatic heterocycles. The largest absolute Gasteiger partial charge is 0.0745 e. The molecule has 0 N–H and O–H groups in total. The van der Waals surface area contributed by atoms with Gasteiger partial charge in [0.2, 0.25) is 0 Å². The van der Waals surface area contributed by atoms with Crippen molar-refractivity contribution in [2.75, 3.05) is 0 Å². The molecule has 84 valence electrons. The van der Waals surface area contributed by atoms with E-state index in [1.165, 1.54) is 16.3 Å². The lowest BCUT2D eigenvalue weighted by Gasteiger charge is -2.22. The molecule has 0 nitrogen and oxygen atoms in total. The van der Waals surface area contributed by atoms with Gasteiger partial charge in [-0.25, -0.2) is 0 Å². The molecule has 4 radical (unpaired) electrons. The quantitative estimate of drug-likeness (QED) is 0.525. The number of hydrogen-bond donors (Lipinski definition) is 0. The minimum Gasteiger partial charge on any atom is -0.0620 e. The summed E-state index contributed by atoms with van der Waals surface area (Å²) in [7, 11) is 12.7. The first-order valence-corrected chi connectivity index (χ1v) is 6.39. The Labute approximate surface area is 115 Å². The van der Waals surface area contributed by atoms with Crippen LogP contribution in [0.4, 0.5) is 0 Å². The topological polar surface area (TPSA) is 0 Å². The van der Waals surface area contributed by atoms with Crippen LogP contribution in [-0.2, 0) is 5.21 Å². The molecule has 19 heavy (non-hydrogen) atoms. The van der Waals surface area contributed by atoms with E-state index in [1.807, 2.05) is 24.3 Å². The van der Waals surface area contributed by atoms with Gasteiger partial charge in [0.1, 0.15) is 0 Å². The second kappa shape index (κ2) is 3.54. The van der Waals surface area contributed by atoms with E-state index < -0.39 is 5.21 Å². The van der Waals surface area contributed by atoms with Crippen LogP contribution in [0.15, 0.2) is 60.7 Å². The fourth-order valence-corrected chi connectivity index (χ4v) is 3.11. The van der Waals surface area contributed by atoms with E-state index in [0.29, 0.717) is 0 Å². The van der Waals surface area contributed by atoms with Crippen molar-refractivity contribution in [3.8, 4) is 11.1 Å². The molecule has 0 spiro atoms. The molecule has 0 unspecified atom stereocenters. The second-order valence-corrected chi connectivity index (χ2v) is 5.12. The Bertz CT molecular complexity index is 803. The summed E-state index contributed by atoms with van der Waals surface area (Å²) in [6, 6.07) is 20.6. The minimum atomic E-state index is -0.893. The maximum Gasteiger partial charge on any atom is 0.0745 e. The van der Waals surface area contributed by atoms with E-state index in [-0.39, 0.29) is 0 Å². The highest BCUT2D eigenvalue weighted by atomic mass is 14.3. The van der Waals surface area contributed by atoms with Crippen molar-refractivity contribution in [2.24, 2.45) is 0 Å². The fraction of sp³-hybridized carbons (Fsp3) is 0.0588. The van der Waals surface area contributed by atoms with Gasteiger partial charge in [-0.1, -0.05) is 65.9 Å². The summed E-state index contributed by atoms with van der Waals surface area (Å²) in [6.45, 7) is 0. The maximum absolute atomic E-state index is 6.37. The van der Waals surface area contributed by atoms with Crippen molar-refractivity contribution in [1.29, 1.82) is 0 Å². The Morgan fingerprint density at radius 3 is 2.32 bits per heavy atom. The summed E-state index contributed by atoms with van der Waals surface area (Å²) in [5.41, 5.74) is 4.34. The van der Waals surface area contributed by atoms with Gasteiger partial charge in [-0.3, -0.25) is 0 Å². The molecule has 0 heterocycles. The highest BCUT2D eigenvalue weighted by Gasteiger charge is 2.34. The van der Waals surface area contributed by atoms with Crippen LogP contribution in [0.25, 0.3) is 21.9 Å². The lowest BCUT2D eigenvalue weighted by atomic mass is 9.50. The third-order valence-electron chi connectivity index (χ3n) is 4.02. The third-order valence-corrected chi connectivity index (χ3v) is 4.02. The van der Waals surface area contributed by atoms with Gasteiger partial charge in [0.15, 0.2) is 0 Å². The molecular weight excluding hydrogens is 226 g/mol. The van der Waals surface area contributed by atoms with Crippen LogP contribution in [-0.4, -0.2) is 15.7 Å². The first-order valence-electron chi connectivity index (χ1n) is 6.39. The average molecular weight is 236 g/mol. The number of fused-ring (bicyclic) bond motifs is 5. The van der Waals surface area contributed by atoms with Crippen LogP contribution < -0.4 is 0 Å². The van der Waals surface area contributed by atoms with E-state index in [9.17, 15) is 0 Å². The van der Waals surface area contributed by atoms with E-state index in [1.54, 1.807) is 0 Å². The lowest BCUT2D eigenvalue weighted by Crippen LogP contribution is -2.25. The van der Waals surface area contributed by atoms with Gasteiger partial charge in [-0.15, -0.1) is 0 Å². The van der Waals surface area contributed by atoms with Crippen LogP contribution in [0.1, 0.15) is 11.1 Å². The summed E-state index contributed by atoms with van der Waals surface area (Å²) in [4.78, 5) is 0. The molecule has 2 heteroatoms. The van der Waals surface area contributed by atoms with Crippen molar-refractivity contribution in [2.45, 2.75) is 5.21 Å². The Balaban J connectivity index is 2.22. The van der Waals surface area contributed by atoms with Crippen molar-refractivity contribution in [3.63, 3.8) is 0 Å². The van der Waals surface area contributed by atoms with E-state index in [0.717, 1.165) is 16.7 Å². The van der Waals surface area contributed by atoms with Crippen molar-refractivity contribution in [3.05, 3.63) is 71.8 Å². The van der Waals surface area contributed by atoms with Crippen molar-refractivity contribution in [1.82, 2.24) is 0 Å². The molecule has 0 fully saturated rings. The van der Waals surface area contributed by atoms with Crippen LogP contribution >= 0.6 is 0 Å². The average Bonchev–Trinajstić information content (AvgIpc) is 2.68. The van der Waals surface area contributed by atoms with Gasteiger partial charge in [0.25, 0.3) is 0 Å². The minimum absolute atomic E-state index is 0.893. The van der Waals surface area contributed by atoms with Gasteiger partial charge >= 0.3 is 0 Å². The number of rotatable bonds is 0. The van der Waals surface area contributed by atoms with Gasteiger partial charge < -0.3 is 0 Å². The zero-order valence-electron chi connectivity index (χ0n) is 10.4. The summed E-state index contributed by atoms with van der Waals surface area (Å²) in [5.74, 6) is 0. The van der Waals surface area contributed by atoms with E-state index >= 15 is 0 Å². The van der Waals surface area contributed by atoms with Crippen LogP contribution in [0.3, 0.4) is 0 Å². The van der Waals surface area contributed by atoms with E-state index in [2.05, 4.69) is 36.4 Å². The second-order valence-electron chi connectivity index (χ2n) is 5.12. The summed E-state index contributed by atoms with van der Waals surface area (Å²) >= 11 is 0. The predicted octanol–water partition coefficient (Wildman–Crippen LogP) is 3.36. The number of hydrogen-bond acceptors (Lipinski definition) is 0. The molecule has 0 amide bonds. The Morgan fingerprint density at radius 1 is 0.684 bits per heavy atom. The summed E-state index contributed by atoms with van der Waals surface area (Å²) < 4.78 is 0. The molecule has 0 saturated carbocycles. The molecule has 3 aromatic rings. The first kappa shape index (κ1) is 10.9. The van der Waals surface area contributed by atoms with Crippen molar-refractivity contribution < 1.29 is 0 Å². The van der Waals surface area contributed by atoms with Gasteiger partial charge in [0, 0.05) is 0 Å². The molecule has 0 bridgehead atoms. The van der Waals surface area contributed by atoms with Crippen molar-refractivity contribution >= 4 is 26.5 Å². The van der Waals surface area contributed by atoms with E-state index in [4.69, 9.17) is 15.7 Å². The standard InChI is InChI=1S/C17H10B2/c18-17(19)14-8-4-3-7-13(14)16-12-6-2-1-5-11(12)9-10-15(16)17/h1-10H. The summed E-state index contributed by atoms with van der Waals surface area (Å²) in [5, 5.41) is 1.54. The molecule has 1 aliphatic rings. The fourth-order valence-electron chi connectivity index (χ4n) is 3.11. The van der Waals surface area contributed by atoms with Crippen LogP contribution in [0, 0.1) is 0 Å². The molecular formula is C17H10B2. The Hall–Kier alpha value is -1.95. The molecule has 0 saturated heterocycles. The Kier molecular flexibility index (Phi) is 2.04. The third kappa shape index (κ3) is 1.32. The highest BCUT2D eigenvalue weighted by molar-refractivity contribution is 6.44. The maximum atomic E-state index is 6.37. The molecule has 3 aromatic carbocycles. The molecule has 4 rings (SSSR count). The van der Waals surface area contributed by atoms with Crippen LogP contribution in [0.2, 0.25) is 0 Å². The first-order chi connectivity index (χ1) is 9.19. The lowest BCUT2D eigenvalue weighted by molar-refractivity contribution is 1.09. The highest BCUT2D eigenvalue weighted by Crippen LogP contribution is 2.48. The van der Waals surface area contributed by atoms with Crippen LogP contribution in [0.5, 0.6) is 0 Å².